The zero-order chi connectivity index (χ0) is 9.07. The van der Waals surface area contributed by atoms with Crippen molar-refractivity contribution >= 4 is 5.97 Å². The number of ether oxygens (including phenoxy) is 1. The van der Waals surface area contributed by atoms with Gasteiger partial charge in [-0.25, -0.2) is 10.7 Å². The minimum atomic E-state index is -1.05. The van der Waals surface area contributed by atoms with Crippen molar-refractivity contribution in [2.45, 2.75) is 39.4 Å². The highest BCUT2D eigenvalue weighted by atomic mass is 16.7. The summed E-state index contributed by atoms with van der Waals surface area (Å²) in [4.78, 5) is 15.5. The van der Waals surface area contributed by atoms with Crippen LogP contribution in [0.15, 0.2) is 0 Å². The summed E-state index contributed by atoms with van der Waals surface area (Å²) >= 11 is 0. The molecule has 2 N–H and O–H groups in total. The lowest BCUT2D eigenvalue weighted by Gasteiger charge is -2.20. The largest absolute Gasteiger partial charge is 0.461 e. The monoisotopic (exact) mass is 161 g/mol. The van der Waals surface area contributed by atoms with Crippen LogP contribution >= 0.6 is 0 Å². The fourth-order valence-electron chi connectivity index (χ4n) is 0.404. The Hall–Kier alpha value is -0.610. The summed E-state index contributed by atoms with van der Waals surface area (Å²) in [6.45, 7) is 6.64. The Labute approximate surface area is 66.6 Å². The molecule has 0 saturated carbocycles. The molecule has 0 aromatic carbocycles. The van der Waals surface area contributed by atoms with Gasteiger partial charge in [-0.15, -0.1) is 0 Å². The zero-order valence-corrected chi connectivity index (χ0v) is 7.38. The van der Waals surface area contributed by atoms with Crippen molar-refractivity contribution < 1.29 is 14.4 Å². The molecule has 0 aliphatic heterocycles. The second kappa shape index (κ2) is 3.69. The average molecular weight is 161 g/mol. The number of hydrogen-bond donors (Lipinski definition) is 1. The Balaban J connectivity index is 4.02. The van der Waals surface area contributed by atoms with E-state index >= 15 is 0 Å². The van der Waals surface area contributed by atoms with Gasteiger partial charge in [-0.3, -0.25) is 4.84 Å². The van der Waals surface area contributed by atoms with Gasteiger partial charge in [-0.1, -0.05) is 0 Å². The zero-order valence-electron chi connectivity index (χ0n) is 7.38. The molecule has 66 valence electrons. The van der Waals surface area contributed by atoms with Gasteiger partial charge in [-0.2, -0.15) is 0 Å². The molecule has 0 bridgehead atoms. The number of carbonyl (C=O) groups is 1. The number of rotatable bonds is 3. The molecule has 0 aromatic heterocycles. The summed E-state index contributed by atoms with van der Waals surface area (Å²) in [5.41, 5.74) is -1.05. The van der Waals surface area contributed by atoms with Crippen molar-refractivity contribution in [2.75, 3.05) is 0 Å². The lowest BCUT2D eigenvalue weighted by atomic mass is 10.1. The molecule has 4 heteroatoms. The summed E-state index contributed by atoms with van der Waals surface area (Å²) in [6, 6.07) is 0. The van der Waals surface area contributed by atoms with E-state index in [1.165, 1.54) is 0 Å². The number of esters is 1. The first kappa shape index (κ1) is 10.4. The van der Waals surface area contributed by atoms with E-state index in [1.807, 2.05) is 0 Å². The Kier molecular flexibility index (Phi) is 3.48. The third-order valence-electron chi connectivity index (χ3n) is 1.13. The van der Waals surface area contributed by atoms with Gasteiger partial charge < -0.3 is 4.74 Å². The molecule has 0 fully saturated rings. The molecular weight excluding hydrogens is 146 g/mol. The van der Waals surface area contributed by atoms with Crippen LogP contribution in [0, 0.1) is 0 Å². The van der Waals surface area contributed by atoms with Crippen LogP contribution in [0.2, 0.25) is 0 Å². The maximum atomic E-state index is 11.1. The van der Waals surface area contributed by atoms with Crippen LogP contribution in [0.5, 0.6) is 0 Å². The van der Waals surface area contributed by atoms with E-state index in [0.29, 0.717) is 0 Å². The Morgan fingerprint density at radius 2 is 1.91 bits per heavy atom. The van der Waals surface area contributed by atoms with E-state index < -0.39 is 11.6 Å². The molecule has 0 saturated heterocycles. The van der Waals surface area contributed by atoms with Gasteiger partial charge >= 0.3 is 5.97 Å². The number of hydrogen-bond acceptors (Lipinski definition) is 4. The second-order valence-corrected chi connectivity index (χ2v) is 3.08. The highest BCUT2D eigenvalue weighted by Crippen LogP contribution is 2.09. The van der Waals surface area contributed by atoms with Crippen molar-refractivity contribution in [1.29, 1.82) is 0 Å². The SMILES string of the molecule is CC(C)OC(=O)C(C)(C)ON. The smallest absolute Gasteiger partial charge is 0.340 e. The normalized spacial score (nSPS) is 11.8. The van der Waals surface area contributed by atoms with E-state index in [-0.39, 0.29) is 6.10 Å². The number of nitrogens with two attached hydrogens (primary N) is 1. The minimum absolute atomic E-state index is 0.142. The highest BCUT2D eigenvalue weighted by molar-refractivity contribution is 5.78. The van der Waals surface area contributed by atoms with Crippen LogP contribution in [-0.4, -0.2) is 17.7 Å². The van der Waals surface area contributed by atoms with Crippen molar-refractivity contribution in [1.82, 2.24) is 0 Å². The van der Waals surface area contributed by atoms with Crippen molar-refractivity contribution in [3.63, 3.8) is 0 Å². The van der Waals surface area contributed by atoms with E-state index in [9.17, 15) is 4.79 Å². The molecule has 0 rings (SSSR count). The summed E-state index contributed by atoms with van der Waals surface area (Å²) in [5, 5.41) is 0. The predicted octanol–water partition coefficient (Wildman–Crippen LogP) is 0.607. The molecule has 0 amide bonds. The third kappa shape index (κ3) is 3.34. The Morgan fingerprint density at radius 3 is 2.18 bits per heavy atom. The maximum Gasteiger partial charge on any atom is 0.340 e. The van der Waals surface area contributed by atoms with E-state index in [4.69, 9.17) is 10.6 Å². The summed E-state index contributed by atoms with van der Waals surface area (Å²) in [6.07, 6.45) is -0.142. The van der Waals surface area contributed by atoms with E-state index in [2.05, 4.69) is 4.84 Å². The molecule has 0 unspecified atom stereocenters. The maximum absolute atomic E-state index is 11.1. The summed E-state index contributed by atoms with van der Waals surface area (Å²) in [5.74, 6) is 4.43. The molecule has 0 spiro atoms. The number of carbonyl (C=O) groups excluding carboxylic acids is 1. The summed E-state index contributed by atoms with van der Waals surface area (Å²) in [7, 11) is 0. The second-order valence-electron chi connectivity index (χ2n) is 3.08. The van der Waals surface area contributed by atoms with E-state index in [0.717, 1.165) is 0 Å². The predicted molar refractivity (Wildman–Crippen MR) is 40.6 cm³/mol. The van der Waals surface area contributed by atoms with E-state index in [1.54, 1.807) is 27.7 Å². The first-order valence-corrected chi connectivity index (χ1v) is 3.49. The lowest BCUT2D eigenvalue weighted by Crippen LogP contribution is -2.40. The van der Waals surface area contributed by atoms with Crippen LogP contribution in [-0.2, 0) is 14.4 Å². The highest BCUT2D eigenvalue weighted by Gasteiger charge is 2.30. The quantitative estimate of drug-likeness (QED) is 0.486. The molecule has 0 aliphatic rings. The van der Waals surface area contributed by atoms with Gasteiger partial charge in [0.05, 0.1) is 6.10 Å². The van der Waals surface area contributed by atoms with Crippen molar-refractivity contribution in [3.05, 3.63) is 0 Å². The third-order valence-corrected chi connectivity index (χ3v) is 1.13. The van der Waals surface area contributed by atoms with Gasteiger partial charge in [0.15, 0.2) is 5.60 Å². The van der Waals surface area contributed by atoms with Crippen LogP contribution in [0.25, 0.3) is 0 Å². The molecule has 0 aliphatic carbocycles. The molecule has 4 nitrogen and oxygen atoms in total. The topological polar surface area (TPSA) is 61.5 Å². The lowest BCUT2D eigenvalue weighted by molar-refractivity contribution is -0.172. The Morgan fingerprint density at radius 1 is 1.45 bits per heavy atom. The van der Waals surface area contributed by atoms with Gasteiger partial charge in [0.25, 0.3) is 0 Å². The molecule has 11 heavy (non-hydrogen) atoms. The van der Waals surface area contributed by atoms with Gasteiger partial charge in [0.2, 0.25) is 0 Å². The van der Waals surface area contributed by atoms with Crippen LogP contribution in [0.3, 0.4) is 0 Å². The van der Waals surface area contributed by atoms with Crippen LogP contribution in [0.1, 0.15) is 27.7 Å². The first-order valence-electron chi connectivity index (χ1n) is 3.49. The fraction of sp³-hybridized carbons (Fsp3) is 0.857. The van der Waals surface area contributed by atoms with Gasteiger partial charge in [-0.05, 0) is 27.7 Å². The fourth-order valence-corrected chi connectivity index (χ4v) is 0.404. The molecule has 0 aromatic rings. The average Bonchev–Trinajstić information content (AvgIpc) is 1.86. The van der Waals surface area contributed by atoms with Crippen LogP contribution in [0.4, 0.5) is 0 Å². The van der Waals surface area contributed by atoms with Gasteiger partial charge in [0.1, 0.15) is 0 Å². The summed E-state index contributed by atoms with van der Waals surface area (Å²) < 4.78 is 4.86. The van der Waals surface area contributed by atoms with Gasteiger partial charge in [0, 0.05) is 0 Å². The molecule has 0 atom stereocenters. The molecular formula is C7H15NO3. The first-order chi connectivity index (χ1) is 4.90. The van der Waals surface area contributed by atoms with Crippen molar-refractivity contribution in [2.24, 2.45) is 5.90 Å². The van der Waals surface area contributed by atoms with Crippen molar-refractivity contribution in [3.8, 4) is 0 Å². The minimum Gasteiger partial charge on any atom is -0.461 e. The van der Waals surface area contributed by atoms with Crippen LogP contribution < -0.4 is 5.90 Å². The Bertz CT molecular complexity index is 143. The molecule has 0 heterocycles. The molecule has 0 radical (unpaired) electrons. The standard InChI is InChI=1S/C7H15NO3/c1-5(2)10-6(9)7(3,4)11-8/h5H,8H2,1-4H3.